The summed E-state index contributed by atoms with van der Waals surface area (Å²) in [7, 11) is 0. The van der Waals surface area contributed by atoms with E-state index in [-0.39, 0.29) is 0 Å². The smallest absolute Gasteiger partial charge is 0.232 e. The second-order valence-electron chi connectivity index (χ2n) is 5.63. The lowest BCUT2D eigenvalue weighted by Gasteiger charge is -2.27. The number of nitrogens with one attached hydrogen (secondary N) is 2. The first-order valence-corrected chi connectivity index (χ1v) is 7.91. The maximum atomic E-state index is 5.39. The van der Waals surface area contributed by atoms with Crippen molar-refractivity contribution in [3.63, 3.8) is 0 Å². The molecule has 7 heteroatoms. The van der Waals surface area contributed by atoms with Gasteiger partial charge in [0.05, 0.1) is 13.2 Å². The van der Waals surface area contributed by atoms with Crippen molar-refractivity contribution in [2.75, 3.05) is 54.9 Å². The van der Waals surface area contributed by atoms with Crippen molar-refractivity contribution >= 4 is 17.8 Å². The molecule has 0 atom stereocenters. The highest BCUT2D eigenvalue weighted by Gasteiger charge is 2.22. The Labute approximate surface area is 125 Å². The lowest BCUT2D eigenvalue weighted by atomic mass is 10.4. The first-order valence-electron chi connectivity index (χ1n) is 7.91. The van der Waals surface area contributed by atoms with Gasteiger partial charge < -0.3 is 20.3 Å². The summed E-state index contributed by atoms with van der Waals surface area (Å²) in [6, 6.07) is 0. The molecular formula is C14H24N6O. The van der Waals surface area contributed by atoms with Gasteiger partial charge in [0.2, 0.25) is 17.8 Å². The van der Waals surface area contributed by atoms with Gasteiger partial charge in [0.25, 0.3) is 0 Å². The molecule has 3 rings (SSSR count). The Hall–Kier alpha value is -1.63. The summed E-state index contributed by atoms with van der Waals surface area (Å²) in [5.41, 5.74) is 0. The van der Waals surface area contributed by atoms with E-state index < -0.39 is 0 Å². The van der Waals surface area contributed by atoms with Gasteiger partial charge in [0.15, 0.2) is 0 Å². The van der Waals surface area contributed by atoms with E-state index in [9.17, 15) is 0 Å². The molecule has 7 nitrogen and oxygen atoms in total. The van der Waals surface area contributed by atoms with Crippen LogP contribution in [0.1, 0.15) is 26.2 Å². The lowest BCUT2D eigenvalue weighted by molar-refractivity contribution is 0.122. The number of aromatic nitrogens is 3. The topological polar surface area (TPSA) is 75.2 Å². The largest absolute Gasteiger partial charge is 0.378 e. The quantitative estimate of drug-likeness (QED) is 0.785. The van der Waals surface area contributed by atoms with Crippen LogP contribution >= 0.6 is 0 Å². The van der Waals surface area contributed by atoms with Crippen LogP contribution in [0.2, 0.25) is 0 Å². The van der Waals surface area contributed by atoms with Gasteiger partial charge in [-0.15, -0.1) is 0 Å². The first-order chi connectivity index (χ1) is 10.3. The fourth-order valence-corrected chi connectivity index (χ4v) is 2.22. The summed E-state index contributed by atoms with van der Waals surface area (Å²) < 4.78 is 5.39. The Morgan fingerprint density at radius 1 is 1.10 bits per heavy atom. The lowest BCUT2D eigenvalue weighted by Crippen LogP contribution is -2.37. The molecule has 1 aromatic rings. The van der Waals surface area contributed by atoms with Crippen LogP contribution in [0.3, 0.4) is 0 Å². The first kappa shape index (κ1) is 14.3. The average molecular weight is 292 g/mol. The van der Waals surface area contributed by atoms with Crippen molar-refractivity contribution in [1.82, 2.24) is 15.0 Å². The predicted octanol–water partition coefficient (Wildman–Crippen LogP) is 1.35. The molecule has 1 saturated carbocycles. The van der Waals surface area contributed by atoms with Gasteiger partial charge in [0, 0.05) is 26.2 Å². The van der Waals surface area contributed by atoms with Gasteiger partial charge in [-0.2, -0.15) is 15.0 Å². The maximum absolute atomic E-state index is 5.39. The molecule has 1 aromatic heterocycles. The zero-order valence-corrected chi connectivity index (χ0v) is 12.6. The monoisotopic (exact) mass is 292 g/mol. The SMILES string of the molecule is CCCNc1nc(NCC2CC2)nc(N2CCOCC2)n1. The fourth-order valence-electron chi connectivity index (χ4n) is 2.22. The van der Waals surface area contributed by atoms with Crippen LogP contribution < -0.4 is 15.5 Å². The molecule has 116 valence electrons. The van der Waals surface area contributed by atoms with Crippen molar-refractivity contribution < 1.29 is 4.74 Å². The van der Waals surface area contributed by atoms with Crippen molar-refractivity contribution in [2.45, 2.75) is 26.2 Å². The van der Waals surface area contributed by atoms with Crippen molar-refractivity contribution in [1.29, 1.82) is 0 Å². The minimum Gasteiger partial charge on any atom is -0.378 e. The number of nitrogens with zero attached hydrogens (tertiary/aromatic N) is 4. The van der Waals surface area contributed by atoms with Gasteiger partial charge in [-0.05, 0) is 25.2 Å². The van der Waals surface area contributed by atoms with E-state index in [1.165, 1.54) is 12.8 Å². The Bertz CT molecular complexity index is 459. The van der Waals surface area contributed by atoms with E-state index in [0.29, 0.717) is 11.9 Å². The third-order valence-corrected chi connectivity index (χ3v) is 3.70. The zero-order chi connectivity index (χ0) is 14.5. The van der Waals surface area contributed by atoms with Crippen molar-refractivity contribution in [3.05, 3.63) is 0 Å². The molecule has 0 radical (unpaired) electrons. The van der Waals surface area contributed by atoms with Crippen LogP contribution in [0.4, 0.5) is 17.8 Å². The molecule has 2 aliphatic rings. The second kappa shape index (κ2) is 6.89. The summed E-state index contributed by atoms with van der Waals surface area (Å²) in [5.74, 6) is 2.87. The third-order valence-electron chi connectivity index (χ3n) is 3.70. The third kappa shape index (κ3) is 4.17. The van der Waals surface area contributed by atoms with Gasteiger partial charge in [-0.1, -0.05) is 6.92 Å². The van der Waals surface area contributed by atoms with Crippen LogP contribution in [0.25, 0.3) is 0 Å². The van der Waals surface area contributed by atoms with E-state index in [2.05, 4.69) is 37.4 Å². The van der Waals surface area contributed by atoms with Crippen LogP contribution in [0, 0.1) is 5.92 Å². The minimum atomic E-state index is 0.659. The highest BCUT2D eigenvalue weighted by molar-refractivity contribution is 5.44. The highest BCUT2D eigenvalue weighted by Crippen LogP contribution is 2.28. The summed E-state index contributed by atoms with van der Waals surface area (Å²) >= 11 is 0. The van der Waals surface area contributed by atoms with E-state index >= 15 is 0 Å². The molecule has 1 aliphatic heterocycles. The predicted molar refractivity (Wildman–Crippen MR) is 82.9 cm³/mol. The number of rotatable bonds is 7. The standard InChI is InChI=1S/C14H24N6O/c1-2-5-15-12-17-13(16-10-11-3-4-11)19-14(18-12)20-6-8-21-9-7-20/h11H,2-10H2,1H3,(H2,15,16,17,18,19). The number of ether oxygens (including phenoxy) is 1. The molecule has 2 fully saturated rings. The molecule has 2 N–H and O–H groups in total. The van der Waals surface area contributed by atoms with Gasteiger partial charge >= 0.3 is 0 Å². The molecule has 0 amide bonds. The Balaban J connectivity index is 1.73. The number of anilines is 3. The summed E-state index contributed by atoms with van der Waals surface area (Å²) in [6.45, 7) is 7.08. The number of hydrogen-bond acceptors (Lipinski definition) is 7. The van der Waals surface area contributed by atoms with Crippen LogP contribution in [-0.2, 0) is 4.74 Å². The molecule has 2 heterocycles. The number of hydrogen-bond donors (Lipinski definition) is 2. The molecule has 0 aromatic carbocycles. The van der Waals surface area contributed by atoms with Crippen LogP contribution in [0.5, 0.6) is 0 Å². The molecule has 21 heavy (non-hydrogen) atoms. The molecule has 0 spiro atoms. The molecule has 1 saturated heterocycles. The summed E-state index contributed by atoms with van der Waals surface area (Å²) in [5, 5.41) is 6.60. The van der Waals surface area contributed by atoms with Gasteiger partial charge in [-0.3, -0.25) is 0 Å². The zero-order valence-electron chi connectivity index (χ0n) is 12.6. The Kier molecular flexibility index (Phi) is 4.69. The molecular weight excluding hydrogens is 268 g/mol. The molecule has 0 bridgehead atoms. The summed E-state index contributed by atoms with van der Waals surface area (Å²) in [4.78, 5) is 15.7. The Morgan fingerprint density at radius 3 is 2.48 bits per heavy atom. The normalized spacial score (nSPS) is 18.6. The van der Waals surface area contributed by atoms with Gasteiger partial charge in [0.1, 0.15) is 0 Å². The molecule has 0 unspecified atom stereocenters. The van der Waals surface area contributed by atoms with Crippen LogP contribution in [-0.4, -0.2) is 54.3 Å². The summed E-state index contributed by atoms with van der Waals surface area (Å²) in [6.07, 6.45) is 3.67. The van der Waals surface area contributed by atoms with E-state index in [1.54, 1.807) is 0 Å². The molecule has 1 aliphatic carbocycles. The van der Waals surface area contributed by atoms with E-state index in [1.807, 2.05) is 0 Å². The Morgan fingerprint density at radius 2 is 1.81 bits per heavy atom. The van der Waals surface area contributed by atoms with E-state index in [4.69, 9.17) is 4.74 Å². The maximum Gasteiger partial charge on any atom is 0.232 e. The highest BCUT2D eigenvalue weighted by atomic mass is 16.5. The number of morpholine rings is 1. The minimum absolute atomic E-state index is 0.659. The average Bonchev–Trinajstić information content (AvgIpc) is 3.36. The second-order valence-corrected chi connectivity index (χ2v) is 5.63. The van der Waals surface area contributed by atoms with E-state index in [0.717, 1.165) is 57.7 Å². The van der Waals surface area contributed by atoms with Crippen molar-refractivity contribution in [3.8, 4) is 0 Å². The van der Waals surface area contributed by atoms with Crippen LogP contribution in [0.15, 0.2) is 0 Å². The fraction of sp³-hybridized carbons (Fsp3) is 0.786. The van der Waals surface area contributed by atoms with Crippen molar-refractivity contribution in [2.24, 2.45) is 5.92 Å². The van der Waals surface area contributed by atoms with Gasteiger partial charge in [-0.25, -0.2) is 0 Å².